The summed E-state index contributed by atoms with van der Waals surface area (Å²) in [4.78, 5) is 0. The average Bonchev–Trinajstić information content (AvgIpc) is 2.85. The SMILES string of the molecule is Clc1ccc(CNc2ccc3c(c2)CCO3)c(Br)c1. The molecule has 98 valence electrons. The molecule has 0 atom stereocenters. The van der Waals surface area contributed by atoms with Crippen LogP contribution in [-0.2, 0) is 13.0 Å². The summed E-state index contributed by atoms with van der Waals surface area (Å²) in [7, 11) is 0. The van der Waals surface area contributed by atoms with Crippen molar-refractivity contribution >= 4 is 33.2 Å². The summed E-state index contributed by atoms with van der Waals surface area (Å²) < 4.78 is 6.52. The molecule has 2 aromatic rings. The lowest BCUT2D eigenvalue weighted by molar-refractivity contribution is 0.357. The largest absolute Gasteiger partial charge is 0.493 e. The van der Waals surface area contributed by atoms with Gasteiger partial charge in [0.15, 0.2) is 0 Å². The first kappa shape index (κ1) is 12.8. The van der Waals surface area contributed by atoms with Crippen LogP contribution in [-0.4, -0.2) is 6.61 Å². The molecule has 1 aliphatic rings. The van der Waals surface area contributed by atoms with E-state index >= 15 is 0 Å². The molecule has 2 nitrogen and oxygen atoms in total. The molecule has 0 fully saturated rings. The summed E-state index contributed by atoms with van der Waals surface area (Å²) in [5.41, 5.74) is 3.58. The summed E-state index contributed by atoms with van der Waals surface area (Å²) in [6.07, 6.45) is 0.996. The van der Waals surface area contributed by atoms with E-state index in [-0.39, 0.29) is 0 Å². The van der Waals surface area contributed by atoms with Gasteiger partial charge in [-0.05, 0) is 41.5 Å². The zero-order chi connectivity index (χ0) is 13.2. The number of nitrogens with one attached hydrogen (secondary N) is 1. The van der Waals surface area contributed by atoms with Gasteiger partial charge in [-0.1, -0.05) is 33.6 Å². The Bertz CT molecular complexity index is 615. The first-order valence-electron chi connectivity index (χ1n) is 6.16. The van der Waals surface area contributed by atoms with E-state index in [1.165, 1.54) is 11.1 Å². The Morgan fingerprint density at radius 2 is 2.11 bits per heavy atom. The van der Waals surface area contributed by atoms with Gasteiger partial charge in [-0.25, -0.2) is 0 Å². The Morgan fingerprint density at radius 3 is 2.95 bits per heavy atom. The van der Waals surface area contributed by atoms with Crippen LogP contribution in [0.5, 0.6) is 5.75 Å². The van der Waals surface area contributed by atoms with Crippen molar-refractivity contribution in [1.29, 1.82) is 0 Å². The molecule has 0 radical (unpaired) electrons. The van der Waals surface area contributed by atoms with E-state index in [2.05, 4.69) is 27.3 Å². The number of anilines is 1. The molecule has 4 heteroatoms. The Labute approximate surface area is 125 Å². The summed E-state index contributed by atoms with van der Waals surface area (Å²) in [5.74, 6) is 1.01. The molecule has 0 amide bonds. The van der Waals surface area contributed by atoms with Gasteiger partial charge in [-0.15, -0.1) is 0 Å². The van der Waals surface area contributed by atoms with Crippen LogP contribution in [0.2, 0.25) is 5.02 Å². The number of benzene rings is 2. The van der Waals surface area contributed by atoms with Crippen LogP contribution in [0.1, 0.15) is 11.1 Å². The van der Waals surface area contributed by atoms with E-state index in [1.807, 2.05) is 30.3 Å². The fourth-order valence-corrected chi connectivity index (χ4v) is 2.98. The van der Waals surface area contributed by atoms with E-state index in [0.29, 0.717) is 0 Å². The van der Waals surface area contributed by atoms with Crippen LogP contribution in [0.25, 0.3) is 0 Å². The highest BCUT2D eigenvalue weighted by Gasteiger charge is 2.11. The lowest BCUT2D eigenvalue weighted by Gasteiger charge is -2.09. The molecule has 0 aliphatic carbocycles. The molecule has 1 heterocycles. The third-order valence-electron chi connectivity index (χ3n) is 3.19. The topological polar surface area (TPSA) is 21.3 Å². The van der Waals surface area contributed by atoms with Crippen molar-refractivity contribution in [1.82, 2.24) is 0 Å². The molecule has 0 unspecified atom stereocenters. The Hall–Kier alpha value is -1.19. The van der Waals surface area contributed by atoms with Gasteiger partial charge in [-0.3, -0.25) is 0 Å². The number of hydrogen-bond acceptors (Lipinski definition) is 2. The maximum absolute atomic E-state index is 5.93. The number of fused-ring (bicyclic) bond motifs is 1. The van der Waals surface area contributed by atoms with Crippen molar-refractivity contribution < 1.29 is 4.74 Å². The second-order valence-electron chi connectivity index (χ2n) is 4.51. The van der Waals surface area contributed by atoms with E-state index < -0.39 is 0 Å². The van der Waals surface area contributed by atoms with Crippen molar-refractivity contribution in [3.63, 3.8) is 0 Å². The Morgan fingerprint density at radius 1 is 1.21 bits per heavy atom. The fraction of sp³-hybridized carbons (Fsp3) is 0.200. The van der Waals surface area contributed by atoms with Crippen LogP contribution in [0.15, 0.2) is 40.9 Å². The fourth-order valence-electron chi connectivity index (χ4n) is 2.16. The van der Waals surface area contributed by atoms with Crippen molar-refractivity contribution in [2.75, 3.05) is 11.9 Å². The molecule has 3 rings (SSSR count). The third kappa shape index (κ3) is 2.88. The molecule has 1 N–H and O–H groups in total. The maximum Gasteiger partial charge on any atom is 0.122 e. The standard InChI is InChI=1S/C15H13BrClNO/c16-14-8-12(17)2-1-11(14)9-18-13-3-4-15-10(7-13)5-6-19-15/h1-4,7-8,18H,5-6,9H2. The molecule has 0 saturated heterocycles. The van der Waals surface area contributed by atoms with Gasteiger partial charge >= 0.3 is 0 Å². The third-order valence-corrected chi connectivity index (χ3v) is 4.16. The highest BCUT2D eigenvalue weighted by Crippen LogP contribution is 2.28. The van der Waals surface area contributed by atoms with Crippen LogP contribution in [0.3, 0.4) is 0 Å². The molecular formula is C15H13BrClNO. The molecular weight excluding hydrogens is 326 g/mol. The predicted molar refractivity (Wildman–Crippen MR) is 82.1 cm³/mol. The normalized spacial score (nSPS) is 12.9. The minimum atomic E-state index is 0.741. The average molecular weight is 339 g/mol. The quantitative estimate of drug-likeness (QED) is 0.879. The summed E-state index contributed by atoms with van der Waals surface area (Å²) in [5, 5.41) is 4.16. The van der Waals surface area contributed by atoms with Gasteiger partial charge in [0.05, 0.1) is 6.61 Å². The van der Waals surface area contributed by atoms with Gasteiger partial charge in [0.2, 0.25) is 0 Å². The molecule has 2 aromatic carbocycles. The van der Waals surface area contributed by atoms with Crippen LogP contribution in [0, 0.1) is 0 Å². The van der Waals surface area contributed by atoms with E-state index in [9.17, 15) is 0 Å². The van der Waals surface area contributed by atoms with Crippen LogP contribution in [0.4, 0.5) is 5.69 Å². The molecule has 0 aromatic heterocycles. The summed E-state index contributed by atoms with van der Waals surface area (Å²) in [6.45, 7) is 1.55. The smallest absolute Gasteiger partial charge is 0.122 e. The minimum Gasteiger partial charge on any atom is -0.493 e. The van der Waals surface area contributed by atoms with E-state index in [0.717, 1.165) is 40.5 Å². The minimum absolute atomic E-state index is 0.741. The first-order chi connectivity index (χ1) is 9.22. The number of ether oxygens (including phenoxy) is 1. The monoisotopic (exact) mass is 337 g/mol. The number of hydrogen-bond donors (Lipinski definition) is 1. The van der Waals surface area contributed by atoms with Gasteiger partial charge in [0.25, 0.3) is 0 Å². The van der Waals surface area contributed by atoms with Crippen molar-refractivity contribution in [3.05, 3.63) is 57.0 Å². The zero-order valence-corrected chi connectivity index (χ0v) is 12.6. The van der Waals surface area contributed by atoms with E-state index in [4.69, 9.17) is 16.3 Å². The molecule has 0 saturated carbocycles. The predicted octanol–water partition coefficient (Wildman–Crippen LogP) is 4.65. The van der Waals surface area contributed by atoms with Gasteiger partial charge < -0.3 is 10.1 Å². The van der Waals surface area contributed by atoms with Gasteiger partial charge in [0.1, 0.15) is 5.75 Å². The van der Waals surface area contributed by atoms with Gasteiger partial charge in [-0.2, -0.15) is 0 Å². The molecule has 19 heavy (non-hydrogen) atoms. The lowest BCUT2D eigenvalue weighted by atomic mass is 10.1. The maximum atomic E-state index is 5.93. The highest BCUT2D eigenvalue weighted by atomic mass is 79.9. The van der Waals surface area contributed by atoms with Crippen molar-refractivity contribution in [2.24, 2.45) is 0 Å². The second-order valence-corrected chi connectivity index (χ2v) is 5.80. The summed E-state index contributed by atoms with van der Waals surface area (Å²) >= 11 is 9.46. The summed E-state index contributed by atoms with van der Waals surface area (Å²) in [6, 6.07) is 12.1. The van der Waals surface area contributed by atoms with Crippen molar-refractivity contribution in [3.8, 4) is 5.75 Å². The molecule has 1 aliphatic heterocycles. The second kappa shape index (κ2) is 5.43. The number of rotatable bonds is 3. The molecule has 0 bridgehead atoms. The van der Waals surface area contributed by atoms with Gasteiger partial charge in [0, 0.05) is 28.1 Å². The Balaban J connectivity index is 1.72. The first-order valence-corrected chi connectivity index (χ1v) is 7.33. The number of halogens is 2. The lowest BCUT2D eigenvalue weighted by Crippen LogP contribution is -2.00. The van der Waals surface area contributed by atoms with Crippen LogP contribution >= 0.6 is 27.5 Å². The van der Waals surface area contributed by atoms with E-state index in [1.54, 1.807) is 0 Å². The Kier molecular flexibility index (Phi) is 3.67. The van der Waals surface area contributed by atoms with Crippen molar-refractivity contribution in [2.45, 2.75) is 13.0 Å². The highest BCUT2D eigenvalue weighted by molar-refractivity contribution is 9.10. The van der Waals surface area contributed by atoms with Crippen LogP contribution < -0.4 is 10.1 Å². The zero-order valence-electron chi connectivity index (χ0n) is 10.2. The molecule has 0 spiro atoms.